The lowest BCUT2D eigenvalue weighted by atomic mass is 10.1. The van der Waals surface area contributed by atoms with E-state index in [1.807, 2.05) is 38.1 Å². The van der Waals surface area contributed by atoms with Crippen LogP contribution in [-0.4, -0.2) is 45.9 Å². The number of benzene rings is 2. The lowest BCUT2D eigenvalue weighted by Crippen LogP contribution is -2.40. The van der Waals surface area contributed by atoms with Crippen molar-refractivity contribution in [3.63, 3.8) is 0 Å². The van der Waals surface area contributed by atoms with E-state index in [1.165, 1.54) is 9.87 Å². The van der Waals surface area contributed by atoms with Crippen LogP contribution in [0.5, 0.6) is 11.5 Å². The zero-order valence-corrected chi connectivity index (χ0v) is 19.0. The summed E-state index contributed by atoms with van der Waals surface area (Å²) in [5.74, 6) is 1.01. The van der Waals surface area contributed by atoms with Gasteiger partial charge in [-0.05, 0) is 56.5 Å². The second-order valence-corrected chi connectivity index (χ2v) is 9.81. The summed E-state index contributed by atoms with van der Waals surface area (Å²) in [7, 11) is -3.46. The van der Waals surface area contributed by atoms with E-state index in [0.717, 1.165) is 24.8 Å². The molecule has 1 heterocycles. The predicted octanol–water partition coefficient (Wildman–Crippen LogP) is 3.14. The van der Waals surface area contributed by atoms with Crippen molar-refractivity contribution in [2.45, 2.75) is 45.3 Å². The van der Waals surface area contributed by atoms with E-state index in [-0.39, 0.29) is 25.0 Å². The fraction of sp³-hybridized carbons (Fsp3) is 0.435. The molecule has 3 rings (SSSR count). The molecular formula is C23H30N2O5S. The number of hydrogen-bond donors (Lipinski definition) is 1. The van der Waals surface area contributed by atoms with Gasteiger partial charge in [0, 0.05) is 19.5 Å². The molecule has 168 valence electrons. The maximum absolute atomic E-state index is 12.7. The maximum atomic E-state index is 12.7. The molecule has 0 spiro atoms. The van der Waals surface area contributed by atoms with Crippen LogP contribution in [0.15, 0.2) is 48.5 Å². The van der Waals surface area contributed by atoms with Crippen LogP contribution < -0.4 is 19.1 Å². The van der Waals surface area contributed by atoms with Crippen molar-refractivity contribution in [3.8, 4) is 11.5 Å². The van der Waals surface area contributed by atoms with Crippen molar-refractivity contribution < 1.29 is 22.7 Å². The quantitative estimate of drug-likeness (QED) is 0.630. The first kappa shape index (κ1) is 22.9. The van der Waals surface area contributed by atoms with Gasteiger partial charge in [-0.3, -0.25) is 9.10 Å². The number of nitrogens with one attached hydrogen (secondary N) is 1. The number of carbonyl (C=O) groups excluding carboxylic acids is 1. The Balaban J connectivity index is 1.52. The van der Waals surface area contributed by atoms with E-state index in [2.05, 4.69) is 5.32 Å². The second-order valence-electron chi connectivity index (χ2n) is 7.90. The van der Waals surface area contributed by atoms with Gasteiger partial charge in [0.15, 0.2) is 6.10 Å². The molecule has 0 saturated heterocycles. The molecule has 0 bridgehead atoms. The van der Waals surface area contributed by atoms with E-state index in [1.54, 1.807) is 24.3 Å². The number of para-hydroxylation sites is 2. The predicted molar refractivity (Wildman–Crippen MR) is 121 cm³/mol. The monoisotopic (exact) mass is 446 g/mol. The topological polar surface area (TPSA) is 84.9 Å². The molecule has 1 amide bonds. The summed E-state index contributed by atoms with van der Waals surface area (Å²) in [4.78, 5) is 12.7. The molecule has 31 heavy (non-hydrogen) atoms. The van der Waals surface area contributed by atoms with Crippen LogP contribution in [0, 0.1) is 0 Å². The van der Waals surface area contributed by atoms with Gasteiger partial charge in [0.05, 0.1) is 18.0 Å². The molecule has 0 aliphatic carbocycles. The first-order chi connectivity index (χ1) is 14.7. The number of fused-ring (bicyclic) bond motifs is 1. The molecule has 2 aromatic rings. The summed E-state index contributed by atoms with van der Waals surface area (Å²) < 4.78 is 37.1. The number of hydrogen-bond acceptors (Lipinski definition) is 5. The Kier molecular flexibility index (Phi) is 7.43. The highest BCUT2D eigenvalue weighted by atomic mass is 32.2. The van der Waals surface area contributed by atoms with Crippen molar-refractivity contribution in [1.82, 2.24) is 5.32 Å². The third-order valence-corrected chi connectivity index (χ3v) is 6.11. The van der Waals surface area contributed by atoms with Crippen LogP contribution in [0.4, 0.5) is 5.69 Å². The third-order valence-electron chi connectivity index (χ3n) is 4.93. The zero-order chi connectivity index (χ0) is 22.4. The molecule has 0 unspecified atom stereocenters. The Labute approximate surface area is 184 Å². The summed E-state index contributed by atoms with van der Waals surface area (Å²) >= 11 is 0. The van der Waals surface area contributed by atoms with Gasteiger partial charge in [-0.1, -0.05) is 24.3 Å². The molecule has 7 nitrogen and oxygen atoms in total. The van der Waals surface area contributed by atoms with Crippen LogP contribution in [0.1, 0.15) is 32.3 Å². The lowest BCUT2D eigenvalue weighted by Gasteiger charge is -2.20. The van der Waals surface area contributed by atoms with Gasteiger partial charge >= 0.3 is 0 Å². The number of amides is 1. The molecule has 2 aromatic carbocycles. The Morgan fingerprint density at radius 2 is 1.90 bits per heavy atom. The summed E-state index contributed by atoms with van der Waals surface area (Å²) in [5.41, 5.74) is 1.64. The van der Waals surface area contributed by atoms with Gasteiger partial charge in [0.25, 0.3) is 5.91 Å². The van der Waals surface area contributed by atoms with Crippen molar-refractivity contribution in [3.05, 3.63) is 54.1 Å². The highest BCUT2D eigenvalue weighted by Crippen LogP contribution is 2.33. The smallest absolute Gasteiger partial charge is 0.261 e. The summed E-state index contributed by atoms with van der Waals surface area (Å²) in [6.07, 6.45) is 2.47. The Morgan fingerprint density at radius 1 is 1.19 bits per heavy atom. The number of aryl methyl sites for hydroxylation is 1. The minimum absolute atomic E-state index is 0.142. The second kappa shape index (κ2) is 10.0. The minimum Gasteiger partial charge on any atom is -0.491 e. The fourth-order valence-corrected chi connectivity index (χ4v) is 4.43. The fourth-order valence-electron chi connectivity index (χ4n) is 3.48. The number of sulfonamides is 1. The van der Waals surface area contributed by atoms with Gasteiger partial charge in [0.2, 0.25) is 10.0 Å². The average Bonchev–Trinajstić information content (AvgIpc) is 2.91. The zero-order valence-electron chi connectivity index (χ0n) is 18.2. The van der Waals surface area contributed by atoms with Crippen LogP contribution >= 0.6 is 0 Å². The lowest BCUT2D eigenvalue weighted by molar-refractivity contribution is -0.128. The Hall–Kier alpha value is -2.74. The number of carbonyl (C=O) groups is 1. The molecular weight excluding hydrogens is 416 g/mol. The maximum Gasteiger partial charge on any atom is 0.261 e. The molecule has 1 N–H and O–H groups in total. The van der Waals surface area contributed by atoms with E-state index in [0.29, 0.717) is 18.0 Å². The van der Waals surface area contributed by atoms with Crippen LogP contribution in [0.2, 0.25) is 0 Å². The van der Waals surface area contributed by atoms with Crippen LogP contribution in [0.25, 0.3) is 0 Å². The van der Waals surface area contributed by atoms with Gasteiger partial charge in [0.1, 0.15) is 11.5 Å². The largest absolute Gasteiger partial charge is 0.491 e. The third kappa shape index (κ3) is 6.37. The molecule has 0 radical (unpaired) electrons. The van der Waals surface area contributed by atoms with Gasteiger partial charge in [-0.15, -0.1) is 0 Å². The van der Waals surface area contributed by atoms with Gasteiger partial charge < -0.3 is 14.8 Å². The van der Waals surface area contributed by atoms with E-state index >= 15 is 0 Å². The Morgan fingerprint density at radius 3 is 2.58 bits per heavy atom. The SMILES string of the molecule is CC(C)Oc1ccc(CCCNC(=O)[C@H]2CCN(S(C)(=O)=O)c3ccccc3O2)cc1. The summed E-state index contributed by atoms with van der Waals surface area (Å²) in [5, 5.41) is 2.92. The Bertz CT molecular complexity index is 989. The molecule has 0 saturated carbocycles. The highest BCUT2D eigenvalue weighted by molar-refractivity contribution is 7.92. The molecule has 1 aliphatic rings. The average molecular weight is 447 g/mol. The number of ether oxygens (including phenoxy) is 2. The standard InChI is InChI=1S/C23H30N2O5S/c1-17(2)29-19-12-10-18(11-13-19)7-6-15-24-23(26)22-14-16-25(31(3,27)28)20-8-4-5-9-21(20)30-22/h4-5,8-13,17,22H,6-7,14-16H2,1-3H3,(H,24,26)/t22-/m1/s1. The summed E-state index contributed by atoms with van der Waals surface area (Å²) in [6.45, 7) is 4.69. The van der Waals surface area contributed by atoms with Crippen molar-refractivity contribution >= 4 is 21.6 Å². The molecule has 8 heteroatoms. The number of anilines is 1. The van der Waals surface area contributed by atoms with E-state index in [9.17, 15) is 13.2 Å². The number of nitrogens with zero attached hydrogens (tertiary/aromatic N) is 1. The minimum atomic E-state index is -3.46. The van der Waals surface area contributed by atoms with Crippen molar-refractivity contribution in [2.75, 3.05) is 23.7 Å². The first-order valence-electron chi connectivity index (χ1n) is 10.5. The normalized spacial score (nSPS) is 16.3. The summed E-state index contributed by atoms with van der Waals surface area (Å²) in [6, 6.07) is 14.9. The molecule has 1 atom stereocenters. The van der Waals surface area contributed by atoms with E-state index in [4.69, 9.17) is 9.47 Å². The van der Waals surface area contributed by atoms with Crippen LogP contribution in [0.3, 0.4) is 0 Å². The number of rotatable bonds is 8. The van der Waals surface area contributed by atoms with Crippen LogP contribution in [-0.2, 0) is 21.2 Å². The van der Waals surface area contributed by atoms with E-state index < -0.39 is 16.1 Å². The van der Waals surface area contributed by atoms with Crippen molar-refractivity contribution in [2.24, 2.45) is 0 Å². The molecule has 0 fully saturated rings. The highest BCUT2D eigenvalue weighted by Gasteiger charge is 2.30. The van der Waals surface area contributed by atoms with Crippen molar-refractivity contribution in [1.29, 1.82) is 0 Å². The molecule has 0 aromatic heterocycles. The van der Waals surface area contributed by atoms with Gasteiger partial charge in [-0.2, -0.15) is 0 Å². The molecule has 1 aliphatic heterocycles. The van der Waals surface area contributed by atoms with Gasteiger partial charge in [-0.25, -0.2) is 8.42 Å². The first-order valence-corrected chi connectivity index (χ1v) is 12.4.